The third kappa shape index (κ3) is 2.78. The van der Waals surface area contributed by atoms with E-state index in [0.29, 0.717) is 16.7 Å². The molecule has 0 amide bonds. The Morgan fingerprint density at radius 3 is 2.45 bits per heavy atom. The van der Waals surface area contributed by atoms with Crippen LogP contribution in [0.3, 0.4) is 0 Å². The number of hydrogen-bond acceptors (Lipinski definition) is 4. The topological polar surface area (TPSA) is 51.5 Å². The van der Waals surface area contributed by atoms with Gasteiger partial charge in [0.25, 0.3) is 0 Å². The molecule has 0 radical (unpaired) electrons. The average molecular weight is 272 g/mol. The molecule has 1 aromatic heterocycles. The first-order chi connectivity index (χ1) is 9.52. The van der Waals surface area contributed by atoms with Gasteiger partial charge in [-0.1, -0.05) is 0 Å². The summed E-state index contributed by atoms with van der Waals surface area (Å²) in [5, 5.41) is 1.32. The van der Waals surface area contributed by atoms with Crippen LogP contribution in [0.25, 0.3) is 5.69 Å². The number of benzene rings is 1. The van der Waals surface area contributed by atoms with E-state index >= 15 is 0 Å². The van der Waals surface area contributed by atoms with Gasteiger partial charge in [0.1, 0.15) is 6.29 Å². The van der Waals surface area contributed by atoms with Crippen LogP contribution in [0.5, 0.6) is 0 Å². The average Bonchev–Trinajstić information content (AvgIpc) is 2.92. The van der Waals surface area contributed by atoms with Crippen LogP contribution in [-0.4, -0.2) is 36.0 Å². The summed E-state index contributed by atoms with van der Waals surface area (Å²) >= 11 is 0. The smallest absolute Gasteiger partial charge is 0.357 e. The number of aldehydes is 1. The lowest BCUT2D eigenvalue weighted by atomic mass is 10.0. The summed E-state index contributed by atoms with van der Waals surface area (Å²) in [6.45, 7) is 1.73. The first kappa shape index (κ1) is 14.0. The van der Waals surface area contributed by atoms with Crippen molar-refractivity contribution in [3.05, 3.63) is 53.3 Å². The lowest BCUT2D eigenvalue weighted by Gasteiger charge is -2.14. The van der Waals surface area contributed by atoms with Crippen molar-refractivity contribution in [1.29, 1.82) is 0 Å². The number of hydroxylamine groups is 2. The van der Waals surface area contributed by atoms with Crippen molar-refractivity contribution in [1.82, 2.24) is 9.63 Å². The van der Waals surface area contributed by atoms with E-state index in [0.717, 1.165) is 12.0 Å². The van der Waals surface area contributed by atoms with Gasteiger partial charge >= 0.3 is 5.97 Å². The van der Waals surface area contributed by atoms with E-state index in [1.807, 2.05) is 29.1 Å². The molecule has 20 heavy (non-hydrogen) atoms. The number of carbonyl (C=O) groups excluding carboxylic acids is 2. The standard InChI is InChI=1S/C15H16N2O3/c1-11-12(10-18)8-13(17-6-4-5-7-17)9-14(11)15(19)20-16(2)3/h4-10H,1-3H3. The van der Waals surface area contributed by atoms with Gasteiger partial charge in [-0.15, -0.1) is 5.06 Å². The molecule has 5 heteroatoms. The van der Waals surface area contributed by atoms with Gasteiger partial charge in [-0.05, 0) is 36.8 Å². The zero-order chi connectivity index (χ0) is 14.7. The number of aromatic nitrogens is 1. The van der Waals surface area contributed by atoms with Crippen molar-refractivity contribution in [2.45, 2.75) is 6.92 Å². The maximum absolute atomic E-state index is 12.1. The quantitative estimate of drug-likeness (QED) is 0.632. The van der Waals surface area contributed by atoms with Gasteiger partial charge in [-0.3, -0.25) is 4.79 Å². The Kier molecular flexibility index (Phi) is 4.00. The molecule has 0 aliphatic carbocycles. The Bertz CT molecular complexity index is 631. The summed E-state index contributed by atoms with van der Waals surface area (Å²) < 4.78 is 1.83. The zero-order valence-electron chi connectivity index (χ0n) is 11.7. The minimum Gasteiger partial charge on any atom is -0.364 e. The fourth-order valence-corrected chi connectivity index (χ4v) is 1.93. The minimum atomic E-state index is -0.482. The second-order valence-electron chi connectivity index (χ2n) is 4.61. The largest absolute Gasteiger partial charge is 0.364 e. The highest BCUT2D eigenvalue weighted by atomic mass is 16.7. The highest BCUT2D eigenvalue weighted by molar-refractivity contribution is 5.95. The molecule has 0 N–H and O–H groups in total. The molecule has 1 heterocycles. The zero-order valence-corrected chi connectivity index (χ0v) is 11.7. The Morgan fingerprint density at radius 2 is 1.90 bits per heavy atom. The van der Waals surface area contributed by atoms with Crippen LogP contribution in [0.2, 0.25) is 0 Å². The molecule has 0 saturated carbocycles. The molecule has 0 fully saturated rings. The normalized spacial score (nSPS) is 10.6. The molecule has 5 nitrogen and oxygen atoms in total. The summed E-state index contributed by atoms with van der Waals surface area (Å²) in [6, 6.07) is 7.21. The van der Waals surface area contributed by atoms with Crippen LogP contribution in [0.1, 0.15) is 26.3 Å². The van der Waals surface area contributed by atoms with E-state index in [-0.39, 0.29) is 0 Å². The van der Waals surface area contributed by atoms with E-state index in [4.69, 9.17) is 4.84 Å². The minimum absolute atomic E-state index is 0.381. The molecule has 0 atom stereocenters. The van der Waals surface area contributed by atoms with E-state index in [1.54, 1.807) is 33.2 Å². The van der Waals surface area contributed by atoms with Gasteiger partial charge in [0.2, 0.25) is 0 Å². The van der Waals surface area contributed by atoms with Crippen LogP contribution < -0.4 is 0 Å². The predicted molar refractivity (Wildman–Crippen MR) is 75.0 cm³/mol. The number of hydrogen-bond donors (Lipinski definition) is 0. The second kappa shape index (κ2) is 5.71. The van der Waals surface area contributed by atoms with E-state index < -0.39 is 5.97 Å². The highest BCUT2D eigenvalue weighted by Crippen LogP contribution is 2.20. The molecular weight excluding hydrogens is 256 g/mol. The van der Waals surface area contributed by atoms with E-state index in [2.05, 4.69) is 0 Å². The summed E-state index contributed by atoms with van der Waals surface area (Å²) in [7, 11) is 3.26. The van der Waals surface area contributed by atoms with Gasteiger partial charge in [0.05, 0.1) is 5.56 Å². The fourth-order valence-electron chi connectivity index (χ4n) is 1.93. The van der Waals surface area contributed by atoms with Crippen molar-refractivity contribution in [2.24, 2.45) is 0 Å². The molecule has 104 valence electrons. The molecule has 0 aliphatic rings. The summed E-state index contributed by atoms with van der Waals surface area (Å²) in [5.74, 6) is -0.482. The molecule has 0 bridgehead atoms. The molecule has 1 aromatic carbocycles. The van der Waals surface area contributed by atoms with Crippen molar-refractivity contribution in [2.75, 3.05) is 14.1 Å². The predicted octanol–water partition coefficient (Wildman–Crippen LogP) is 2.23. The highest BCUT2D eigenvalue weighted by Gasteiger charge is 2.16. The molecular formula is C15H16N2O3. The van der Waals surface area contributed by atoms with Crippen molar-refractivity contribution in [3.8, 4) is 5.69 Å². The monoisotopic (exact) mass is 272 g/mol. The molecule has 2 rings (SSSR count). The van der Waals surface area contributed by atoms with Gasteiger partial charge in [0, 0.05) is 37.7 Å². The lowest BCUT2D eigenvalue weighted by Crippen LogP contribution is -2.20. The number of carbonyl (C=O) groups is 2. The fraction of sp³-hybridized carbons (Fsp3) is 0.200. The summed E-state index contributed by atoms with van der Waals surface area (Å²) in [5.41, 5.74) is 2.21. The maximum Gasteiger partial charge on any atom is 0.357 e. The van der Waals surface area contributed by atoms with Crippen molar-refractivity contribution < 1.29 is 14.4 Å². The summed E-state index contributed by atoms with van der Waals surface area (Å²) in [4.78, 5) is 28.3. The van der Waals surface area contributed by atoms with E-state index in [1.165, 1.54) is 5.06 Å². The van der Waals surface area contributed by atoms with Crippen LogP contribution in [-0.2, 0) is 4.84 Å². The molecule has 0 spiro atoms. The van der Waals surface area contributed by atoms with E-state index in [9.17, 15) is 9.59 Å². The second-order valence-corrected chi connectivity index (χ2v) is 4.61. The molecule has 2 aromatic rings. The van der Waals surface area contributed by atoms with Crippen LogP contribution >= 0.6 is 0 Å². The molecule has 0 aliphatic heterocycles. The Morgan fingerprint density at radius 1 is 1.25 bits per heavy atom. The van der Waals surface area contributed by atoms with Crippen LogP contribution in [0.15, 0.2) is 36.7 Å². The van der Waals surface area contributed by atoms with Gasteiger partial charge < -0.3 is 9.40 Å². The molecule has 0 saturated heterocycles. The molecule has 0 unspecified atom stereocenters. The third-order valence-corrected chi connectivity index (χ3v) is 2.95. The van der Waals surface area contributed by atoms with Crippen LogP contribution in [0.4, 0.5) is 0 Å². The maximum atomic E-state index is 12.1. The first-order valence-electron chi connectivity index (χ1n) is 6.15. The van der Waals surface area contributed by atoms with Gasteiger partial charge in [0.15, 0.2) is 0 Å². The third-order valence-electron chi connectivity index (χ3n) is 2.95. The number of nitrogens with zero attached hydrogens (tertiary/aromatic N) is 2. The van der Waals surface area contributed by atoms with Gasteiger partial charge in [-0.2, -0.15) is 0 Å². The van der Waals surface area contributed by atoms with Crippen molar-refractivity contribution >= 4 is 12.3 Å². The Labute approximate surface area is 117 Å². The lowest BCUT2D eigenvalue weighted by molar-refractivity contribution is -0.0714. The first-order valence-corrected chi connectivity index (χ1v) is 6.15. The Balaban J connectivity index is 2.53. The number of rotatable bonds is 4. The van der Waals surface area contributed by atoms with Gasteiger partial charge in [-0.25, -0.2) is 4.79 Å². The van der Waals surface area contributed by atoms with Crippen LogP contribution in [0, 0.1) is 6.92 Å². The summed E-state index contributed by atoms with van der Waals surface area (Å²) in [6.07, 6.45) is 4.44. The Hall–Kier alpha value is -2.40. The SMILES string of the molecule is Cc1c(C=O)cc(-n2cccc2)cc1C(=O)ON(C)C. The van der Waals surface area contributed by atoms with Crippen molar-refractivity contribution in [3.63, 3.8) is 0 Å².